The van der Waals surface area contributed by atoms with Gasteiger partial charge in [-0.15, -0.1) is 6.58 Å². The molecule has 1 rings (SSSR count). The maximum absolute atomic E-state index is 13.3. The molecule has 0 aliphatic rings. The molecule has 1 nitrogen and oxygen atoms in total. The van der Waals surface area contributed by atoms with Crippen LogP contribution in [0.15, 0.2) is 30.9 Å². The van der Waals surface area contributed by atoms with Gasteiger partial charge in [-0.25, -0.2) is 4.39 Å². The Morgan fingerprint density at radius 3 is 2.55 bits per heavy atom. The highest BCUT2D eigenvalue weighted by molar-refractivity contribution is 5.78. The van der Waals surface area contributed by atoms with Gasteiger partial charge in [-0.1, -0.05) is 44.4 Å². The van der Waals surface area contributed by atoms with Crippen molar-refractivity contribution in [2.45, 2.75) is 65.2 Å². The van der Waals surface area contributed by atoms with Crippen LogP contribution in [0, 0.1) is 18.7 Å². The van der Waals surface area contributed by atoms with Gasteiger partial charge in [-0.2, -0.15) is 0 Å². The number of ketones is 1. The second-order valence-corrected chi connectivity index (χ2v) is 6.38. The average Bonchev–Trinajstić information content (AvgIpc) is 2.48. The van der Waals surface area contributed by atoms with E-state index in [0.717, 1.165) is 44.1 Å². The van der Waals surface area contributed by atoms with Gasteiger partial charge in [0.1, 0.15) is 11.6 Å². The normalized spacial score (nSPS) is 13.6. The molecule has 0 fully saturated rings. The molecule has 0 bridgehead atoms. The molecule has 2 heteroatoms. The zero-order valence-corrected chi connectivity index (χ0v) is 14.2. The smallest absolute Gasteiger partial charge is 0.133 e. The van der Waals surface area contributed by atoms with E-state index in [1.54, 1.807) is 13.0 Å². The fourth-order valence-corrected chi connectivity index (χ4v) is 2.85. The number of hydrogen-bond donors (Lipinski definition) is 0. The second kappa shape index (κ2) is 9.55. The van der Waals surface area contributed by atoms with Gasteiger partial charge in [0.25, 0.3) is 0 Å². The van der Waals surface area contributed by atoms with Crippen molar-refractivity contribution in [2.24, 2.45) is 5.92 Å². The van der Waals surface area contributed by atoms with Crippen molar-refractivity contribution in [3.05, 3.63) is 47.8 Å². The van der Waals surface area contributed by atoms with Gasteiger partial charge in [0, 0.05) is 5.92 Å². The van der Waals surface area contributed by atoms with E-state index in [-0.39, 0.29) is 17.5 Å². The van der Waals surface area contributed by atoms with Crippen LogP contribution < -0.4 is 0 Å². The van der Waals surface area contributed by atoms with Crippen LogP contribution in [0.4, 0.5) is 4.39 Å². The van der Waals surface area contributed by atoms with Gasteiger partial charge in [-0.05, 0) is 56.2 Å². The van der Waals surface area contributed by atoms with Crippen molar-refractivity contribution in [1.29, 1.82) is 0 Å². The molecule has 2 atom stereocenters. The van der Waals surface area contributed by atoms with Crippen molar-refractivity contribution in [3.63, 3.8) is 0 Å². The van der Waals surface area contributed by atoms with Crippen molar-refractivity contribution < 1.29 is 9.18 Å². The Hall–Kier alpha value is -1.44. The molecule has 0 aliphatic carbocycles. The topological polar surface area (TPSA) is 17.1 Å². The minimum atomic E-state index is -0.131. The molecule has 0 N–H and O–H groups in total. The van der Waals surface area contributed by atoms with Gasteiger partial charge in [-0.3, -0.25) is 4.79 Å². The van der Waals surface area contributed by atoms with Crippen LogP contribution in [0.1, 0.15) is 69.4 Å². The summed E-state index contributed by atoms with van der Waals surface area (Å²) < 4.78 is 13.3. The fourth-order valence-electron chi connectivity index (χ4n) is 2.85. The van der Waals surface area contributed by atoms with Crippen LogP contribution in [0.3, 0.4) is 0 Å². The number of rotatable bonds is 10. The monoisotopic (exact) mass is 304 g/mol. The van der Waals surface area contributed by atoms with E-state index in [2.05, 4.69) is 13.5 Å². The van der Waals surface area contributed by atoms with Crippen LogP contribution in [0.5, 0.6) is 0 Å². The summed E-state index contributed by atoms with van der Waals surface area (Å²) in [7, 11) is 0. The Morgan fingerprint density at radius 1 is 1.27 bits per heavy atom. The molecule has 0 saturated carbocycles. The van der Waals surface area contributed by atoms with Gasteiger partial charge < -0.3 is 0 Å². The van der Waals surface area contributed by atoms with Crippen LogP contribution in [-0.2, 0) is 4.79 Å². The zero-order valence-electron chi connectivity index (χ0n) is 14.2. The maximum atomic E-state index is 13.3. The van der Waals surface area contributed by atoms with E-state index < -0.39 is 0 Å². The molecule has 0 saturated heterocycles. The van der Waals surface area contributed by atoms with Crippen LogP contribution >= 0.6 is 0 Å². The highest BCUT2D eigenvalue weighted by Gasteiger charge is 2.12. The largest absolute Gasteiger partial charge is 0.300 e. The summed E-state index contributed by atoms with van der Waals surface area (Å²) in [5.41, 5.74) is 1.94. The number of allylic oxidation sites excluding steroid dienone is 1. The molecular weight excluding hydrogens is 275 g/mol. The minimum absolute atomic E-state index is 0.131. The van der Waals surface area contributed by atoms with Crippen molar-refractivity contribution >= 4 is 5.78 Å². The zero-order chi connectivity index (χ0) is 16.5. The lowest BCUT2D eigenvalue weighted by Gasteiger charge is -2.14. The highest BCUT2D eigenvalue weighted by atomic mass is 19.1. The fraction of sp³-hybridized carbons (Fsp3) is 0.550. The van der Waals surface area contributed by atoms with E-state index in [1.807, 2.05) is 25.1 Å². The molecule has 0 amide bonds. The average molecular weight is 304 g/mol. The van der Waals surface area contributed by atoms with Gasteiger partial charge >= 0.3 is 0 Å². The van der Waals surface area contributed by atoms with Crippen molar-refractivity contribution in [1.82, 2.24) is 0 Å². The first-order valence-corrected chi connectivity index (χ1v) is 8.33. The summed E-state index contributed by atoms with van der Waals surface area (Å²) in [6, 6.07) is 5.41. The number of carbonyl (C=O) groups is 1. The molecule has 2 unspecified atom stereocenters. The molecule has 1 aromatic rings. The first-order valence-electron chi connectivity index (χ1n) is 8.33. The maximum Gasteiger partial charge on any atom is 0.133 e. The van der Waals surface area contributed by atoms with E-state index in [0.29, 0.717) is 5.92 Å². The molecule has 0 aromatic heterocycles. The summed E-state index contributed by atoms with van der Waals surface area (Å²) >= 11 is 0. The number of aryl methyl sites for hydroxylation is 1. The number of benzene rings is 1. The Morgan fingerprint density at radius 2 is 1.95 bits per heavy atom. The summed E-state index contributed by atoms with van der Waals surface area (Å²) in [4.78, 5) is 11.5. The number of unbranched alkanes of at least 4 members (excludes halogenated alkanes) is 2. The Bertz CT molecular complexity index is 492. The van der Waals surface area contributed by atoms with Gasteiger partial charge in [0.2, 0.25) is 0 Å². The van der Waals surface area contributed by atoms with E-state index in [4.69, 9.17) is 0 Å². The number of Topliss-reactive ketones (excluding diaryl/α,β-unsaturated/α-hetero) is 1. The van der Waals surface area contributed by atoms with Crippen LogP contribution in [0.2, 0.25) is 0 Å². The van der Waals surface area contributed by atoms with Crippen molar-refractivity contribution in [2.75, 3.05) is 0 Å². The predicted octanol–water partition coefficient (Wildman–Crippen LogP) is 5.97. The molecule has 0 spiro atoms. The molecule has 0 heterocycles. The van der Waals surface area contributed by atoms with Crippen LogP contribution in [-0.4, -0.2) is 5.78 Å². The SMILES string of the molecule is C=CCC(CCCCCC(C)c1ccc(F)c(C)c1)C(C)=O. The second-order valence-electron chi connectivity index (χ2n) is 6.38. The predicted molar refractivity (Wildman–Crippen MR) is 91.6 cm³/mol. The van der Waals surface area contributed by atoms with Crippen molar-refractivity contribution in [3.8, 4) is 0 Å². The third-order valence-electron chi connectivity index (χ3n) is 4.47. The van der Waals surface area contributed by atoms with Gasteiger partial charge in [0.05, 0.1) is 0 Å². The molecule has 122 valence electrons. The highest BCUT2D eigenvalue weighted by Crippen LogP contribution is 2.24. The molecule has 0 radical (unpaired) electrons. The molecular formula is C20H29FO. The summed E-state index contributed by atoms with van der Waals surface area (Å²) in [6.45, 7) is 9.40. The summed E-state index contributed by atoms with van der Waals surface area (Å²) in [5, 5.41) is 0. The number of halogens is 1. The van der Waals surface area contributed by atoms with Crippen LogP contribution in [0.25, 0.3) is 0 Å². The Balaban J connectivity index is 2.30. The lowest BCUT2D eigenvalue weighted by molar-refractivity contribution is -0.120. The summed E-state index contributed by atoms with van der Waals surface area (Å²) in [6.07, 6.45) is 8.09. The third kappa shape index (κ3) is 6.13. The Kier molecular flexibility index (Phi) is 8.08. The first-order chi connectivity index (χ1) is 10.5. The molecule has 1 aromatic carbocycles. The molecule has 0 aliphatic heterocycles. The van der Waals surface area contributed by atoms with E-state index in [9.17, 15) is 9.18 Å². The lowest BCUT2D eigenvalue weighted by Crippen LogP contribution is -2.09. The standard InChI is InChI=1S/C20H29FO/c1-5-9-18(17(4)22)11-8-6-7-10-15(2)19-12-13-20(21)16(3)14-19/h5,12-15,18H,1,6-11H2,2-4H3. The first kappa shape index (κ1) is 18.6. The summed E-state index contributed by atoms with van der Waals surface area (Å²) in [5.74, 6) is 0.745. The number of carbonyl (C=O) groups excluding carboxylic acids is 1. The third-order valence-corrected chi connectivity index (χ3v) is 4.47. The van der Waals surface area contributed by atoms with E-state index >= 15 is 0 Å². The number of hydrogen-bond acceptors (Lipinski definition) is 1. The minimum Gasteiger partial charge on any atom is -0.300 e. The molecule has 22 heavy (non-hydrogen) atoms. The van der Waals surface area contributed by atoms with E-state index in [1.165, 1.54) is 5.56 Å². The van der Waals surface area contributed by atoms with Gasteiger partial charge in [0.15, 0.2) is 0 Å². The Labute approximate surface area is 134 Å². The quantitative estimate of drug-likeness (QED) is 0.384. The lowest BCUT2D eigenvalue weighted by atomic mass is 9.91.